The smallest absolute Gasteiger partial charge is 0.338 e. The van der Waals surface area contributed by atoms with Crippen LogP contribution in [0.25, 0.3) is 5.76 Å². The first-order chi connectivity index (χ1) is 16.4. The molecular weight excluding hydrogens is 448 g/mol. The highest BCUT2D eigenvalue weighted by molar-refractivity contribution is 6.04. The van der Waals surface area contributed by atoms with Crippen molar-refractivity contribution < 1.29 is 47.9 Å². The summed E-state index contributed by atoms with van der Waals surface area (Å²) in [6, 6.07) is 6.67. The second kappa shape index (κ2) is 9.05. The van der Waals surface area contributed by atoms with Gasteiger partial charge >= 0.3 is 11.9 Å². The summed E-state index contributed by atoms with van der Waals surface area (Å²) in [6.07, 6.45) is 0. The number of benzene rings is 2. The fourth-order valence-corrected chi connectivity index (χ4v) is 4.49. The zero-order chi connectivity index (χ0) is 24.6. The zero-order valence-electron chi connectivity index (χ0n) is 19.3. The Morgan fingerprint density at radius 3 is 2.24 bits per heavy atom. The van der Waals surface area contributed by atoms with Crippen LogP contribution in [0.4, 0.5) is 0 Å². The van der Waals surface area contributed by atoms with Gasteiger partial charge in [-0.25, -0.2) is 4.79 Å². The fraction of sp³-hybridized carbons (Fsp3) is 0.333. The highest BCUT2D eigenvalue weighted by Gasteiger charge is 2.48. The lowest BCUT2D eigenvalue weighted by Crippen LogP contribution is -2.34. The number of methoxy groups -OCH3 is 5. The molecule has 2 aromatic rings. The van der Waals surface area contributed by atoms with Crippen molar-refractivity contribution in [2.75, 3.05) is 42.3 Å². The molecule has 4 rings (SSSR count). The summed E-state index contributed by atoms with van der Waals surface area (Å²) >= 11 is 0. The molecule has 10 heteroatoms. The topological polar surface area (TPSA) is 119 Å². The molecule has 1 aliphatic heterocycles. The van der Waals surface area contributed by atoms with E-state index in [1.807, 2.05) is 0 Å². The maximum Gasteiger partial charge on any atom is 0.338 e. The molecule has 0 fully saturated rings. The normalized spacial score (nSPS) is 18.1. The molecule has 2 atom stereocenters. The third-order valence-electron chi connectivity index (χ3n) is 5.95. The van der Waals surface area contributed by atoms with Gasteiger partial charge in [-0.3, -0.25) is 4.79 Å². The zero-order valence-corrected chi connectivity index (χ0v) is 19.3. The SMILES string of the molecule is COC(=O)C1=C(O)c2cc(OC)c(OC)c(OC)c2C(c2ccc3c(c2)OCO3)C1C(=O)OC. The van der Waals surface area contributed by atoms with Crippen LogP contribution in [0, 0.1) is 5.92 Å². The third kappa shape index (κ3) is 3.42. The number of fused-ring (bicyclic) bond motifs is 2. The lowest BCUT2D eigenvalue weighted by atomic mass is 9.70. The fourth-order valence-electron chi connectivity index (χ4n) is 4.49. The molecule has 1 heterocycles. The van der Waals surface area contributed by atoms with Crippen LogP contribution >= 0.6 is 0 Å². The molecule has 34 heavy (non-hydrogen) atoms. The van der Waals surface area contributed by atoms with E-state index in [4.69, 9.17) is 33.2 Å². The first kappa shape index (κ1) is 23.1. The minimum Gasteiger partial charge on any atom is -0.507 e. The van der Waals surface area contributed by atoms with Crippen molar-refractivity contribution in [1.82, 2.24) is 0 Å². The van der Waals surface area contributed by atoms with E-state index in [1.165, 1.54) is 34.5 Å². The van der Waals surface area contributed by atoms with Gasteiger partial charge in [-0.1, -0.05) is 6.07 Å². The number of hydrogen-bond acceptors (Lipinski definition) is 10. The van der Waals surface area contributed by atoms with Gasteiger partial charge in [0.2, 0.25) is 12.5 Å². The molecule has 0 amide bonds. The molecular formula is C24H24O10. The second-order valence-corrected chi connectivity index (χ2v) is 7.45. The number of carbonyl (C=O) groups is 2. The van der Waals surface area contributed by atoms with Gasteiger partial charge in [-0.15, -0.1) is 0 Å². The van der Waals surface area contributed by atoms with Gasteiger partial charge in [-0.2, -0.15) is 0 Å². The second-order valence-electron chi connectivity index (χ2n) is 7.45. The maximum absolute atomic E-state index is 13.1. The Morgan fingerprint density at radius 2 is 1.62 bits per heavy atom. The van der Waals surface area contributed by atoms with Crippen molar-refractivity contribution in [3.63, 3.8) is 0 Å². The molecule has 2 aromatic carbocycles. The Hall–Kier alpha value is -4.08. The van der Waals surface area contributed by atoms with Crippen LogP contribution in [-0.2, 0) is 19.1 Å². The van der Waals surface area contributed by atoms with Gasteiger partial charge < -0.3 is 38.3 Å². The molecule has 1 aliphatic carbocycles. The molecule has 2 unspecified atom stereocenters. The number of rotatable bonds is 6. The van der Waals surface area contributed by atoms with Crippen LogP contribution in [0.15, 0.2) is 29.8 Å². The summed E-state index contributed by atoms with van der Waals surface area (Å²) in [5.41, 5.74) is 0.955. The van der Waals surface area contributed by atoms with Crippen molar-refractivity contribution >= 4 is 17.7 Å². The Bertz CT molecular complexity index is 1180. The van der Waals surface area contributed by atoms with E-state index < -0.39 is 29.5 Å². The van der Waals surface area contributed by atoms with Crippen molar-refractivity contribution in [2.24, 2.45) is 5.92 Å². The predicted octanol–water partition coefficient (Wildman–Crippen LogP) is 2.82. The first-order valence-electron chi connectivity index (χ1n) is 10.2. The van der Waals surface area contributed by atoms with Gasteiger partial charge in [0.15, 0.2) is 23.0 Å². The molecule has 0 spiro atoms. The van der Waals surface area contributed by atoms with E-state index in [-0.39, 0.29) is 35.2 Å². The molecule has 10 nitrogen and oxygen atoms in total. The summed E-state index contributed by atoms with van der Waals surface area (Å²) in [4.78, 5) is 26.0. The number of aliphatic hydroxyl groups is 1. The standard InChI is InChI=1S/C24H24O10/c1-28-15-9-12-17(22(30-3)21(15)29-2)16(11-6-7-13-14(8-11)34-10-33-13)18(23(26)31-4)19(20(12)25)24(27)32-5/h6-9,16,18,25H,10H2,1-5H3. The van der Waals surface area contributed by atoms with Crippen molar-refractivity contribution in [3.8, 4) is 28.7 Å². The molecule has 0 bridgehead atoms. The third-order valence-corrected chi connectivity index (χ3v) is 5.95. The Morgan fingerprint density at radius 1 is 0.912 bits per heavy atom. The van der Waals surface area contributed by atoms with E-state index in [2.05, 4.69) is 0 Å². The monoisotopic (exact) mass is 472 g/mol. The molecule has 0 aromatic heterocycles. The van der Waals surface area contributed by atoms with E-state index in [0.717, 1.165) is 7.11 Å². The quantitative estimate of drug-likeness (QED) is 0.629. The van der Waals surface area contributed by atoms with E-state index in [0.29, 0.717) is 22.6 Å². The molecule has 0 saturated carbocycles. The molecule has 0 radical (unpaired) electrons. The summed E-state index contributed by atoms with van der Waals surface area (Å²) in [5.74, 6) is -2.44. The van der Waals surface area contributed by atoms with Gasteiger partial charge in [0.1, 0.15) is 11.7 Å². The molecule has 0 saturated heterocycles. The molecule has 180 valence electrons. The minimum absolute atomic E-state index is 0.0584. The number of hydrogen-bond donors (Lipinski definition) is 1. The lowest BCUT2D eigenvalue weighted by molar-refractivity contribution is -0.148. The van der Waals surface area contributed by atoms with Gasteiger partial charge in [0.05, 0.1) is 41.1 Å². The summed E-state index contributed by atoms with van der Waals surface area (Å²) in [5, 5.41) is 11.2. The van der Waals surface area contributed by atoms with Crippen molar-refractivity contribution in [3.05, 3.63) is 46.5 Å². The van der Waals surface area contributed by atoms with E-state index in [1.54, 1.807) is 18.2 Å². The number of ether oxygens (including phenoxy) is 7. The van der Waals surface area contributed by atoms with Crippen LogP contribution in [0.1, 0.15) is 22.6 Å². The van der Waals surface area contributed by atoms with Crippen molar-refractivity contribution in [1.29, 1.82) is 0 Å². The number of aliphatic hydroxyl groups excluding tert-OH is 1. The van der Waals surface area contributed by atoms with Gasteiger partial charge in [-0.05, 0) is 23.8 Å². The van der Waals surface area contributed by atoms with Crippen molar-refractivity contribution in [2.45, 2.75) is 5.92 Å². The molecule has 1 N–H and O–H groups in total. The first-order valence-corrected chi connectivity index (χ1v) is 10.2. The Kier molecular flexibility index (Phi) is 6.14. The maximum atomic E-state index is 13.1. The van der Waals surface area contributed by atoms with Gasteiger partial charge in [0, 0.05) is 17.0 Å². The lowest BCUT2D eigenvalue weighted by Gasteiger charge is -2.35. The summed E-state index contributed by atoms with van der Waals surface area (Å²) in [7, 11) is 6.67. The molecule has 2 aliphatic rings. The summed E-state index contributed by atoms with van der Waals surface area (Å²) < 4.78 is 37.6. The van der Waals surface area contributed by atoms with Crippen LogP contribution in [0.5, 0.6) is 28.7 Å². The minimum atomic E-state index is -1.27. The van der Waals surface area contributed by atoms with Gasteiger partial charge in [0.25, 0.3) is 0 Å². The highest BCUT2D eigenvalue weighted by Crippen LogP contribution is 2.55. The van der Waals surface area contributed by atoms with Crippen LogP contribution in [-0.4, -0.2) is 59.4 Å². The van der Waals surface area contributed by atoms with E-state index >= 15 is 0 Å². The van der Waals surface area contributed by atoms with Crippen LogP contribution in [0.2, 0.25) is 0 Å². The summed E-state index contributed by atoms with van der Waals surface area (Å²) in [6.45, 7) is 0.0584. The largest absolute Gasteiger partial charge is 0.507 e. The number of carbonyl (C=O) groups excluding carboxylic acids is 2. The Labute approximate surface area is 195 Å². The number of esters is 2. The Balaban J connectivity index is 2.12. The van der Waals surface area contributed by atoms with Crippen LogP contribution < -0.4 is 23.7 Å². The van der Waals surface area contributed by atoms with Crippen LogP contribution in [0.3, 0.4) is 0 Å². The van der Waals surface area contributed by atoms with E-state index in [9.17, 15) is 14.7 Å². The highest BCUT2D eigenvalue weighted by atomic mass is 16.7. The average Bonchev–Trinajstić information content (AvgIpc) is 3.34. The predicted molar refractivity (Wildman–Crippen MR) is 118 cm³/mol. The average molecular weight is 472 g/mol.